The number of oxazole rings is 1. The molecule has 2 fully saturated rings. The van der Waals surface area contributed by atoms with Gasteiger partial charge in [0, 0.05) is 63.4 Å². The molecule has 1 saturated heterocycles. The van der Waals surface area contributed by atoms with Gasteiger partial charge in [0.05, 0.1) is 11.4 Å². The minimum atomic E-state index is -0.365. The number of anilines is 3. The quantitative estimate of drug-likeness (QED) is 0.303. The summed E-state index contributed by atoms with van der Waals surface area (Å²) in [6, 6.07) is 13.8. The molecule has 1 aromatic heterocycles. The van der Waals surface area contributed by atoms with Crippen LogP contribution in [0.4, 0.5) is 17.1 Å². The molecule has 2 aliphatic rings. The van der Waals surface area contributed by atoms with Crippen LogP contribution in [0.3, 0.4) is 0 Å². The number of amides is 3. The Kier molecular flexibility index (Phi) is 8.86. The Hall–Kier alpha value is -4.34. The molecule has 0 spiro atoms. The van der Waals surface area contributed by atoms with Gasteiger partial charge in [0.1, 0.15) is 6.26 Å². The average Bonchev–Trinajstić information content (AvgIpc) is 3.70. The van der Waals surface area contributed by atoms with E-state index in [1.54, 1.807) is 12.1 Å². The van der Waals surface area contributed by atoms with E-state index in [1.807, 2.05) is 6.07 Å². The molecule has 216 valence electrons. The number of hydrogen-bond donors (Lipinski definition) is 3. The van der Waals surface area contributed by atoms with Gasteiger partial charge in [-0.2, -0.15) is 0 Å². The second-order valence-electron chi connectivity index (χ2n) is 10.7. The summed E-state index contributed by atoms with van der Waals surface area (Å²) in [5.74, 6) is 0.273. The van der Waals surface area contributed by atoms with Crippen LogP contribution < -0.4 is 25.8 Å². The number of carbonyl (C=O) groups is 3. The molecule has 2 aromatic carbocycles. The molecule has 0 atom stereocenters. The van der Waals surface area contributed by atoms with Crippen molar-refractivity contribution in [2.75, 3.05) is 54.4 Å². The molecule has 5 rings (SSSR count). The second kappa shape index (κ2) is 12.9. The summed E-state index contributed by atoms with van der Waals surface area (Å²) in [6.07, 6.45) is 4.99. The van der Waals surface area contributed by atoms with Crippen LogP contribution in [0.25, 0.3) is 0 Å². The van der Waals surface area contributed by atoms with Crippen molar-refractivity contribution in [1.29, 1.82) is 0 Å². The summed E-state index contributed by atoms with van der Waals surface area (Å²) in [6.45, 7) is 7.91. The van der Waals surface area contributed by atoms with Crippen molar-refractivity contribution in [3.63, 3.8) is 0 Å². The Balaban J connectivity index is 1.28. The fourth-order valence-corrected chi connectivity index (χ4v) is 5.07. The first kappa shape index (κ1) is 28.2. The largest absolute Gasteiger partial charge is 0.448 e. The lowest BCUT2D eigenvalue weighted by Gasteiger charge is -2.38. The number of aryl methyl sites for hydroxylation is 1. The van der Waals surface area contributed by atoms with E-state index in [0.29, 0.717) is 36.1 Å². The lowest BCUT2D eigenvalue weighted by molar-refractivity contribution is -0.118. The Morgan fingerprint density at radius 1 is 0.902 bits per heavy atom. The van der Waals surface area contributed by atoms with Crippen LogP contribution in [-0.4, -0.2) is 62.0 Å². The lowest BCUT2D eigenvalue weighted by atomic mass is 10.1. The highest BCUT2D eigenvalue weighted by Crippen LogP contribution is 2.39. The highest BCUT2D eigenvalue weighted by molar-refractivity contribution is 6.06. The SMILES string of the molecule is CC(=O)NCCCCNC(=O)c1ccc(N2CCN(c3ccccc3C)CC2)c(NC(=O)c2coc(C3CC3)n2)c1. The number of nitrogens with zero attached hydrogens (tertiary/aromatic N) is 3. The van der Waals surface area contributed by atoms with Crippen molar-refractivity contribution < 1.29 is 18.8 Å². The molecule has 3 amide bonds. The van der Waals surface area contributed by atoms with Gasteiger partial charge in [0.25, 0.3) is 11.8 Å². The van der Waals surface area contributed by atoms with E-state index in [1.165, 1.54) is 24.4 Å². The summed E-state index contributed by atoms with van der Waals surface area (Å²) < 4.78 is 5.53. The van der Waals surface area contributed by atoms with Gasteiger partial charge in [-0.05, 0) is 62.4 Å². The van der Waals surface area contributed by atoms with E-state index in [9.17, 15) is 14.4 Å². The first-order valence-electron chi connectivity index (χ1n) is 14.4. The molecular weight excluding hydrogens is 520 g/mol. The van der Waals surface area contributed by atoms with Gasteiger partial charge in [-0.25, -0.2) is 4.98 Å². The maximum Gasteiger partial charge on any atom is 0.277 e. The first-order chi connectivity index (χ1) is 19.9. The zero-order valence-electron chi connectivity index (χ0n) is 23.7. The second-order valence-corrected chi connectivity index (χ2v) is 10.7. The summed E-state index contributed by atoms with van der Waals surface area (Å²) in [5, 5.41) is 8.70. The number of benzene rings is 2. The van der Waals surface area contributed by atoms with Crippen LogP contribution >= 0.6 is 0 Å². The van der Waals surface area contributed by atoms with Crippen molar-refractivity contribution in [2.45, 2.75) is 45.4 Å². The van der Waals surface area contributed by atoms with Crippen LogP contribution in [0.15, 0.2) is 53.1 Å². The number of piperazine rings is 1. The maximum absolute atomic E-state index is 13.2. The normalized spacial score (nSPS) is 15.0. The standard InChI is InChI=1S/C31H38N6O4/c1-21-7-3-4-8-27(21)36-15-17-37(18-16-36)28-12-11-24(29(39)33-14-6-5-13-32-22(2)38)19-25(28)34-30(40)26-20-41-31(35-26)23-9-10-23/h3-4,7-8,11-12,19-20,23H,5-6,9-10,13-18H2,1-2H3,(H,32,38)(H,33,39)(H,34,40). The predicted octanol–water partition coefficient (Wildman–Crippen LogP) is 4.09. The van der Waals surface area contributed by atoms with Crippen molar-refractivity contribution in [3.8, 4) is 0 Å². The number of rotatable bonds is 11. The van der Waals surface area contributed by atoms with E-state index in [-0.39, 0.29) is 23.4 Å². The average molecular weight is 559 g/mol. The highest BCUT2D eigenvalue weighted by Gasteiger charge is 2.30. The van der Waals surface area contributed by atoms with Crippen molar-refractivity contribution >= 4 is 34.8 Å². The minimum absolute atomic E-state index is 0.0605. The monoisotopic (exact) mass is 558 g/mol. The fourth-order valence-electron chi connectivity index (χ4n) is 5.07. The first-order valence-corrected chi connectivity index (χ1v) is 14.4. The number of nitrogens with one attached hydrogen (secondary N) is 3. The van der Waals surface area contributed by atoms with Crippen LogP contribution in [-0.2, 0) is 4.79 Å². The Morgan fingerprint density at radius 3 is 2.27 bits per heavy atom. The summed E-state index contributed by atoms with van der Waals surface area (Å²) >= 11 is 0. The van der Waals surface area contributed by atoms with E-state index >= 15 is 0 Å². The van der Waals surface area contributed by atoms with E-state index in [2.05, 4.69) is 61.9 Å². The Bertz CT molecular complexity index is 1390. The smallest absolute Gasteiger partial charge is 0.277 e. The number of carbonyl (C=O) groups excluding carboxylic acids is 3. The molecule has 0 unspecified atom stereocenters. The Morgan fingerprint density at radius 2 is 1.59 bits per heavy atom. The van der Waals surface area contributed by atoms with Gasteiger partial charge >= 0.3 is 0 Å². The summed E-state index contributed by atoms with van der Waals surface area (Å²) in [7, 11) is 0. The van der Waals surface area contributed by atoms with E-state index < -0.39 is 0 Å². The third kappa shape index (κ3) is 7.25. The van der Waals surface area contributed by atoms with Gasteiger partial charge in [-0.15, -0.1) is 0 Å². The molecule has 0 bridgehead atoms. The van der Waals surface area contributed by atoms with Crippen molar-refractivity contribution in [1.82, 2.24) is 15.6 Å². The molecule has 10 heteroatoms. The number of unbranched alkanes of at least 4 members (excludes halogenated alkanes) is 1. The van der Waals surface area contributed by atoms with Gasteiger partial charge < -0.3 is 30.2 Å². The highest BCUT2D eigenvalue weighted by atomic mass is 16.3. The molecule has 1 aliphatic carbocycles. The maximum atomic E-state index is 13.2. The third-order valence-electron chi connectivity index (χ3n) is 7.53. The van der Waals surface area contributed by atoms with Gasteiger partial charge in [0.2, 0.25) is 5.91 Å². The summed E-state index contributed by atoms with van der Waals surface area (Å²) in [5.41, 5.74) is 4.61. The molecule has 41 heavy (non-hydrogen) atoms. The van der Waals surface area contributed by atoms with Crippen LogP contribution in [0.5, 0.6) is 0 Å². The topological polar surface area (TPSA) is 120 Å². The van der Waals surface area contributed by atoms with Gasteiger partial charge in [0.15, 0.2) is 11.6 Å². The van der Waals surface area contributed by atoms with Crippen molar-refractivity contribution in [2.24, 2.45) is 0 Å². The fraction of sp³-hybridized carbons (Fsp3) is 0.419. The molecule has 1 aliphatic heterocycles. The van der Waals surface area contributed by atoms with E-state index in [4.69, 9.17) is 4.42 Å². The molecule has 0 radical (unpaired) electrons. The van der Waals surface area contributed by atoms with Gasteiger partial charge in [-0.1, -0.05) is 18.2 Å². The zero-order chi connectivity index (χ0) is 28.8. The molecule has 1 saturated carbocycles. The molecule has 3 aromatic rings. The summed E-state index contributed by atoms with van der Waals surface area (Å²) in [4.78, 5) is 46.2. The van der Waals surface area contributed by atoms with E-state index in [0.717, 1.165) is 57.5 Å². The number of para-hydroxylation sites is 1. The lowest BCUT2D eigenvalue weighted by Crippen LogP contribution is -2.47. The van der Waals surface area contributed by atoms with Crippen LogP contribution in [0.1, 0.15) is 70.8 Å². The molecular formula is C31H38N6O4. The Labute approximate surface area is 240 Å². The van der Waals surface area contributed by atoms with Crippen LogP contribution in [0, 0.1) is 6.92 Å². The molecule has 3 N–H and O–H groups in total. The predicted molar refractivity (Wildman–Crippen MR) is 159 cm³/mol. The van der Waals surface area contributed by atoms with Gasteiger partial charge in [-0.3, -0.25) is 14.4 Å². The number of aromatic nitrogens is 1. The van der Waals surface area contributed by atoms with Crippen LogP contribution in [0.2, 0.25) is 0 Å². The molecule has 2 heterocycles. The third-order valence-corrected chi connectivity index (χ3v) is 7.53. The molecule has 10 nitrogen and oxygen atoms in total. The zero-order valence-corrected chi connectivity index (χ0v) is 23.7. The number of hydrogen-bond acceptors (Lipinski definition) is 7. The van der Waals surface area contributed by atoms with Crippen molar-refractivity contribution in [3.05, 3.63) is 71.4 Å². The minimum Gasteiger partial charge on any atom is -0.448 e.